The maximum absolute atomic E-state index is 11.1. The topological polar surface area (TPSA) is 29.4 Å². The Morgan fingerprint density at radius 3 is 2.91 bits per heavy atom. The molecule has 0 radical (unpaired) electrons. The summed E-state index contributed by atoms with van der Waals surface area (Å²) >= 11 is 3.04. The van der Waals surface area contributed by atoms with Gasteiger partial charge in [0.15, 0.2) is 0 Å². The Labute approximate surface area is 75.2 Å². The van der Waals surface area contributed by atoms with E-state index in [1.54, 1.807) is 11.8 Å². The van der Waals surface area contributed by atoms with Crippen molar-refractivity contribution in [3.8, 4) is 0 Å². The lowest BCUT2D eigenvalue weighted by atomic mass is 10.3. The number of hydrogen-bond donors (Lipinski definition) is 0. The van der Waals surface area contributed by atoms with E-state index in [1.807, 2.05) is 13.2 Å². The van der Waals surface area contributed by atoms with Crippen LogP contribution in [0.1, 0.15) is 13.3 Å². The van der Waals surface area contributed by atoms with Crippen LogP contribution in [0.4, 0.5) is 0 Å². The normalized spacial score (nSPS) is 24.0. The smallest absolute Gasteiger partial charge is 0.219 e. The highest BCUT2D eigenvalue weighted by molar-refractivity contribution is 8.26. The minimum absolute atomic E-state index is 0.0487. The molecule has 1 heterocycles. The minimum Gasteiger partial charge on any atom is -0.284 e. The van der Waals surface area contributed by atoms with Crippen LogP contribution in [0.3, 0.4) is 0 Å². The van der Waals surface area contributed by atoms with Crippen molar-refractivity contribution in [1.29, 1.82) is 0 Å². The Balaban J connectivity index is 2.39. The lowest BCUT2D eigenvalue weighted by Crippen LogP contribution is -2.11. The van der Waals surface area contributed by atoms with E-state index in [4.69, 9.17) is 0 Å². The Hall–Kier alpha value is 0.0400. The summed E-state index contributed by atoms with van der Waals surface area (Å²) in [4.78, 5) is 15.4. The van der Waals surface area contributed by atoms with E-state index < -0.39 is 0 Å². The minimum atomic E-state index is -0.0487. The van der Waals surface area contributed by atoms with Gasteiger partial charge in [0.2, 0.25) is 5.12 Å². The quantitative estimate of drug-likeness (QED) is 0.678. The van der Waals surface area contributed by atoms with Crippen LogP contribution in [0.25, 0.3) is 0 Å². The average Bonchev–Trinajstić information content (AvgIpc) is 2.26. The van der Waals surface area contributed by atoms with E-state index in [9.17, 15) is 4.79 Å². The fourth-order valence-corrected chi connectivity index (χ4v) is 2.16. The second-order valence-corrected chi connectivity index (χ2v) is 4.55. The molecule has 1 aliphatic heterocycles. The van der Waals surface area contributed by atoms with Crippen molar-refractivity contribution < 1.29 is 4.79 Å². The van der Waals surface area contributed by atoms with Crippen LogP contribution in [0, 0.1) is 0 Å². The van der Waals surface area contributed by atoms with Crippen LogP contribution in [0.5, 0.6) is 0 Å². The van der Waals surface area contributed by atoms with Crippen LogP contribution in [0.15, 0.2) is 4.99 Å². The van der Waals surface area contributed by atoms with Gasteiger partial charge >= 0.3 is 0 Å². The molecular weight excluding hydrogens is 178 g/mol. The van der Waals surface area contributed by atoms with Crippen LogP contribution in [-0.4, -0.2) is 28.2 Å². The van der Waals surface area contributed by atoms with Gasteiger partial charge in [-0.25, -0.2) is 0 Å². The first-order valence-corrected chi connectivity index (χ1v) is 5.70. The zero-order valence-corrected chi connectivity index (χ0v) is 8.30. The largest absolute Gasteiger partial charge is 0.284 e. The van der Waals surface area contributed by atoms with Gasteiger partial charge in [-0.15, -0.1) is 0 Å². The number of thioether (sulfide) groups is 2. The summed E-state index contributed by atoms with van der Waals surface area (Å²) in [5.41, 5.74) is 0. The number of nitrogens with zero attached hydrogens (tertiary/aromatic N) is 1. The van der Waals surface area contributed by atoms with Gasteiger partial charge in [-0.1, -0.05) is 0 Å². The number of hydrogen-bond acceptors (Lipinski definition) is 4. The van der Waals surface area contributed by atoms with Crippen LogP contribution >= 0.6 is 23.5 Å². The van der Waals surface area contributed by atoms with Crippen molar-refractivity contribution in [2.45, 2.75) is 19.4 Å². The Bertz CT molecular complexity index is 191. The summed E-state index contributed by atoms with van der Waals surface area (Å²) < 4.78 is 0. The summed E-state index contributed by atoms with van der Waals surface area (Å²) in [5, 5.41) is 1.14. The van der Waals surface area contributed by atoms with Crippen molar-refractivity contribution in [3.63, 3.8) is 0 Å². The fraction of sp³-hybridized carbons (Fsp3) is 0.714. The number of carbonyl (C=O) groups excluding carboxylic acids is 1. The molecule has 0 spiro atoms. The fourth-order valence-electron chi connectivity index (χ4n) is 0.924. The molecule has 0 saturated heterocycles. The van der Waals surface area contributed by atoms with Gasteiger partial charge in [0.05, 0.1) is 5.04 Å². The second-order valence-electron chi connectivity index (χ2n) is 2.37. The van der Waals surface area contributed by atoms with Crippen molar-refractivity contribution in [2.24, 2.45) is 4.99 Å². The third-order valence-electron chi connectivity index (χ3n) is 1.45. The van der Waals surface area contributed by atoms with Crippen molar-refractivity contribution >= 4 is 33.7 Å². The SMILES string of the molecule is CSCC[C@@H]1N=C(C)SC1=O. The molecule has 4 heteroatoms. The molecular formula is C7H11NOS2. The highest BCUT2D eigenvalue weighted by Gasteiger charge is 2.24. The van der Waals surface area contributed by atoms with Crippen molar-refractivity contribution in [1.82, 2.24) is 0 Å². The van der Waals surface area contributed by atoms with Crippen LogP contribution in [-0.2, 0) is 4.79 Å². The molecule has 1 atom stereocenters. The molecule has 0 fully saturated rings. The molecule has 11 heavy (non-hydrogen) atoms. The number of rotatable bonds is 3. The van der Waals surface area contributed by atoms with Crippen molar-refractivity contribution in [2.75, 3.05) is 12.0 Å². The van der Waals surface area contributed by atoms with Gasteiger partial charge < -0.3 is 0 Å². The first-order valence-electron chi connectivity index (χ1n) is 3.49. The van der Waals surface area contributed by atoms with E-state index in [2.05, 4.69) is 4.99 Å². The molecule has 0 amide bonds. The molecule has 62 valence electrons. The molecule has 0 unspecified atom stereocenters. The van der Waals surface area contributed by atoms with Gasteiger partial charge in [-0.3, -0.25) is 9.79 Å². The van der Waals surface area contributed by atoms with Gasteiger partial charge in [0.1, 0.15) is 6.04 Å². The third-order valence-corrected chi connectivity index (χ3v) is 2.97. The first-order chi connectivity index (χ1) is 5.24. The van der Waals surface area contributed by atoms with E-state index >= 15 is 0 Å². The first kappa shape index (κ1) is 9.13. The van der Waals surface area contributed by atoms with Crippen LogP contribution in [0.2, 0.25) is 0 Å². The summed E-state index contributed by atoms with van der Waals surface area (Å²) in [7, 11) is 0. The Kier molecular flexibility index (Phi) is 3.45. The van der Waals surface area contributed by atoms with Crippen LogP contribution < -0.4 is 0 Å². The highest BCUT2D eigenvalue weighted by Crippen LogP contribution is 2.22. The van der Waals surface area contributed by atoms with E-state index in [0.29, 0.717) is 0 Å². The molecule has 0 aliphatic carbocycles. The predicted octanol–water partition coefficient (Wildman–Crippen LogP) is 1.80. The van der Waals surface area contributed by atoms with E-state index in [-0.39, 0.29) is 11.2 Å². The zero-order valence-electron chi connectivity index (χ0n) is 6.66. The predicted molar refractivity (Wildman–Crippen MR) is 52.5 cm³/mol. The van der Waals surface area contributed by atoms with E-state index in [1.165, 1.54) is 11.8 Å². The highest BCUT2D eigenvalue weighted by atomic mass is 32.2. The molecule has 1 aliphatic rings. The van der Waals surface area contributed by atoms with Gasteiger partial charge in [0, 0.05) is 0 Å². The molecule has 0 N–H and O–H groups in total. The van der Waals surface area contributed by atoms with E-state index in [0.717, 1.165) is 17.2 Å². The summed E-state index contributed by atoms with van der Waals surface area (Å²) in [5.74, 6) is 1.02. The van der Waals surface area contributed by atoms with Crippen molar-refractivity contribution in [3.05, 3.63) is 0 Å². The maximum Gasteiger partial charge on any atom is 0.219 e. The standard InChI is InChI=1S/C7H11NOS2/c1-5-8-6(3-4-10-2)7(9)11-5/h6H,3-4H2,1-2H3/t6-/m0/s1. The lowest BCUT2D eigenvalue weighted by molar-refractivity contribution is -0.111. The summed E-state index contributed by atoms with van der Waals surface area (Å²) in [6.07, 6.45) is 2.94. The molecule has 1 rings (SSSR count). The molecule has 0 aromatic rings. The molecule has 0 aromatic carbocycles. The summed E-state index contributed by atoms with van der Waals surface area (Å²) in [6.45, 7) is 1.89. The molecule has 2 nitrogen and oxygen atoms in total. The molecule has 0 bridgehead atoms. The molecule has 0 saturated carbocycles. The number of carbonyl (C=O) groups is 1. The Morgan fingerprint density at radius 2 is 2.45 bits per heavy atom. The molecule has 0 aromatic heterocycles. The second kappa shape index (κ2) is 4.16. The zero-order chi connectivity index (χ0) is 8.27. The number of aliphatic imine (C=N–C) groups is 1. The van der Waals surface area contributed by atoms with Gasteiger partial charge in [-0.05, 0) is 37.1 Å². The monoisotopic (exact) mass is 189 g/mol. The average molecular weight is 189 g/mol. The Morgan fingerprint density at radius 1 is 1.73 bits per heavy atom. The third kappa shape index (κ3) is 2.52. The maximum atomic E-state index is 11.1. The lowest BCUT2D eigenvalue weighted by Gasteiger charge is -2.00. The summed E-state index contributed by atoms with van der Waals surface area (Å²) in [6, 6.07) is -0.0487. The van der Waals surface area contributed by atoms with Gasteiger partial charge in [0.25, 0.3) is 0 Å². The van der Waals surface area contributed by atoms with Gasteiger partial charge in [-0.2, -0.15) is 11.8 Å².